The van der Waals surface area contributed by atoms with Crippen LogP contribution in [0.2, 0.25) is 0 Å². The average molecular weight is 245 g/mol. The molecule has 0 radical (unpaired) electrons. The zero-order valence-corrected chi connectivity index (χ0v) is 10.5. The molecule has 0 aliphatic heterocycles. The highest BCUT2D eigenvalue weighted by atomic mass is 16.6. The minimum atomic E-state index is -0.295. The van der Waals surface area contributed by atoms with Crippen LogP contribution in [0, 0.1) is 6.92 Å². The normalized spacial score (nSPS) is 10.3. The molecule has 4 nitrogen and oxygen atoms in total. The summed E-state index contributed by atoms with van der Waals surface area (Å²) in [6.45, 7) is 3.68. The van der Waals surface area contributed by atoms with Gasteiger partial charge in [-0.05, 0) is 25.5 Å². The Hall–Kier alpha value is -2.10. The standard InChI is InChI=1S/C14H15NO3/c1-3-7-12(16)17-14-10(2)15-13(18-14)11-8-5-4-6-9-11/h4-6,8-9H,3,7H2,1-2H3. The highest BCUT2D eigenvalue weighted by Gasteiger charge is 2.15. The quantitative estimate of drug-likeness (QED) is 0.775. The van der Waals surface area contributed by atoms with Gasteiger partial charge in [0.1, 0.15) is 5.69 Å². The lowest BCUT2D eigenvalue weighted by Crippen LogP contribution is -2.06. The van der Waals surface area contributed by atoms with E-state index in [9.17, 15) is 4.79 Å². The Morgan fingerprint density at radius 2 is 2.06 bits per heavy atom. The molecule has 4 heteroatoms. The topological polar surface area (TPSA) is 52.3 Å². The van der Waals surface area contributed by atoms with Crippen LogP contribution in [0.25, 0.3) is 11.5 Å². The molecule has 1 aromatic carbocycles. The van der Waals surface area contributed by atoms with Gasteiger partial charge in [0.25, 0.3) is 0 Å². The van der Waals surface area contributed by atoms with Crippen LogP contribution < -0.4 is 4.74 Å². The zero-order valence-electron chi connectivity index (χ0n) is 10.5. The number of rotatable bonds is 4. The Morgan fingerprint density at radius 3 is 2.72 bits per heavy atom. The predicted octanol–water partition coefficient (Wildman–Crippen LogP) is 3.36. The van der Waals surface area contributed by atoms with E-state index in [2.05, 4.69) is 4.98 Å². The minimum Gasteiger partial charge on any atom is -0.405 e. The van der Waals surface area contributed by atoms with Crippen LogP contribution in [-0.4, -0.2) is 11.0 Å². The number of aromatic nitrogens is 1. The molecule has 0 aliphatic rings. The molecule has 0 atom stereocenters. The van der Waals surface area contributed by atoms with Crippen molar-refractivity contribution in [3.05, 3.63) is 36.0 Å². The van der Waals surface area contributed by atoms with E-state index in [4.69, 9.17) is 9.15 Å². The van der Waals surface area contributed by atoms with Crippen molar-refractivity contribution in [3.63, 3.8) is 0 Å². The van der Waals surface area contributed by atoms with Crippen molar-refractivity contribution < 1.29 is 13.9 Å². The number of carbonyl (C=O) groups is 1. The first-order valence-electron chi connectivity index (χ1n) is 5.94. The van der Waals surface area contributed by atoms with Gasteiger partial charge >= 0.3 is 11.9 Å². The molecule has 0 saturated heterocycles. The molecule has 0 saturated carbocycles. The van der Waals surface area contributed by atoms with Gasteiger partial charge in [0, 0.05) is 12.0 Å². The van der Waals surface area contributed by atoms with Crippen LogP contribution in [0.5, 0.6) is 5.95 Å². The third-order valence-electron chi connectivity index (χ3n) is 2.44. The molecule has 0 amide bonds. The fourth-order valence-electron chi connectivity index (χ4n) is 1.54. The number of nitrogens with zero attached hydrogens (tertiary/aromatic N) is 1. The molecule has 1 aromatic heterocycles. The molecule has 2 aromatic rings. The third-order valence-corrected chi connectivity index (χ3v) is 2.44. The van der Waals surface area contributed by atoms with E-state index in [-0.39, 0.29) is 11.9 Å². The maximum atomic E-state index is 11.4. The van der Waals surface area contributed by atoms with Crippen molar-refractivity contribution in [3.8, 4) is 17.4 Å². The summed E-state index contributed by atoms with van der Waals surface area (Å²) < 4.78 is 10.6. The maximum Gasteiger partial charge on any atom is 0.316 e. The van der Waals surface area contributed by atoms with Crippen LogP contribution in [0.4, 0.5) is 0 Å². The smallest absolute Gasteiger partial charge is 0.316 e. The maximum absolute atomic E-state index is 11.4. The molecular weight excluding hydrogens is 230 g/mol. The minimum absolute atomic E-state index is 0.187. The van der Waals surface area contributed by atoms with Crippen molar-refractivity contribution in [2.24, 2.45) is 0 Å². The highest BCUT2D eigenvalue weighted by Crippen LogP contribution is 2.26. The van der Waals surface area contributed by atoms with E-state index in [1.165, 1.54) is 0 Å². The molecule has 0 spiro atoms. The second-order valence-electron chi connectivity index (χ2n) is 3.98. The molecule has 0 unspecified atom stereocenters. The van der Waals surface area contributed by atoms with E-state index in [1.807, 2.05) is 37.3 Å². The Morgan fingerprint density at radius 1 is 1.33 bits per heavy atom. The number of ether oxygens (including phenoxy) is 1. The lowest BCUT2D eigenvalue weighted by molar-refractivity contribution is -0.135. The van der Waals surface area contributed by atoms with Gasteiger partial charge in [-0.25, -0.2) is 4.98 Å². The van der Waals surface area contributed by atoms with Crippen LogP contribution in [0.1, 0.15) is 25.5 Å². The Bertz CT molecular complexity index is 531. The summed E-state index contributed by atoms with van der Waals surface area (Å²) in [6, 6.07) is 9.50. The summed E-state index contributed by atoms with van der Waals surface area (Å²) in [5, 5.41) is 0. The first-order chi connectivity index (χ1) is 8.70. The lowest BCUT2D eigenvalue weighted by atomic mass is 10.2. The summed E-state index contributed by atoms with van der Waals surface area (Å²) in [4.78, 5) is 15.7. The van der Waals surface area contributed by atoms with Gasteiger partial charge in [-0.2, -0.15) is 0 Å². The highest BCUT2D eigenvalue weighted by molar-refractivity contribution is 5.72. The summed E-state index contributed by atoms with van der Waals surface area (Å²) in [5.41, 5.74) is 1.44. The fourth-order valence-corrected chi connectivity index (χ4v) is 1.54. The summed E-state index contributed by atoms with van der Waals surface area (Å²) in [6.07, 6.45) is 1.12. The van der Waals surface area contributed by atoms with Gasteiger partial charge in [-0.15, -0.1) is 0 Å². The fraction of sp³-hybridized carbons (Fsp3) is 0.286. The number of carbonyl (C=O) groups excluding carboxylic acids is 1. The number of hydrogen-bond donors (Lipinski definition) is 0. The van der Waals surface area contributed by atoms with Crippen LogP contribution >= 0.6 is 0 Å². The average Bonchev–Trinajstić information content (AvgIpc) is 2.72. The molecule has 0 fully saturated rings. The molecule has 1 heterocycles. The van der Waals surface area contributed by atoms with E-state index in [0.717, 1.165) is 12.0 Å². The number of oxazole rings is 1. The van der Waals surface area contributed by atoms with Crippen LogP contribution in [-0.2, 0) is 4.79 Å². The number of esters is 1. The van der Waals surface area contributed by atoms with Gasteiger partial charge in [0.15, 0.2) is 0 Å². The SMILES string of the molecule is CCCC(=O)Oc1oc(-c2ccccc2)nc1C. The summed E-state index contributed by atoms with van der Waals surface area (Å²) in [5.74, 6) is 0.357. The first-order valence-corrected chi connectivity index (χ1v) is 5.94. The Kier molecular flexibility index (Phi) is 3.77. The molecule has 18 heavy (non-hydrogen) atoms. The van der Waals surface area contributed by atoms with E-state index < -0.39 is 0 Å². The van der Waals surface area contributed by atoms with Crippen molar-refractivity contribution in [1.29, 1.82) is 0 Å². The lowest BCUT2D eigenvalue weighted by Gasteiger charge is -1.98. The second kappa shape index (κ2) is 5.49. The Labute approximate surface area is 106 Å². The zero-order chi connectivity index (χ0) is 13.0. The van der Waals surface area contributed by atoms with E-state index in [1.54, 1.807) is 6.92 Å². The summed E-state index contributed by atoms with van der Waals surface area (Å²) in [7, 11) is 0. The first kappa shape index (κ1) is 12.4. The molecule has 0 N–H and O–H groups in total. The molecular formula is C14H15NO3. The van der Waals surface area contributed by atoms with Crippen molar-refractivity contribution >= 4 is 5.97 Å². The van der Waals surface area contributed by atoms with Crippen molar-refractivity contribution in [2.45, 2.75) is 26.7 Å². The van der Waals surface area contributed by atoms with Gasteiger partial charge in [-0.1, -0.05) is 25.1 Å². The van der Waals surface area contributed by atoms with Gasteiger partial charge in [0.05, 0.1) is 0 Å². The number of hydrogen-bond acceptors (Lipinski definition) is 4. The van der Waals surface area contributed by atoms with E-state index in [0.29, 0.717) is 18.0 Å². The van der Waals surface area contributed by atoms with Crippen LogP contribution in [0.15, 0.2) is 34.7 Å². The molecule has 0 bridgehead atoms. The molecule has 94 valence electrons. The van der Waals surface area contributed by atoms with Crippen molar-refractivity contribution in [2.75, 3.05) is 0 Å². The third kappa shape index (κ3) is 2.77. The number of aryl methyl sites for hydroxylation is 1. The van der Waals surface area contributed by atoms with Gasteiger partial charge < -0.3 is 9.15 Å². The van der Waals surface area contributed by atoms with Crippen molar-refractivity contribution in [1.82, 2.24) is 4.98 Å². The van der Waals surface area contributed by atoms with Gasteiger partial charge in [-0.3, -0.25) is 4.79 Å². The Balaban J connectivity index is 2.20. The second-order valence-corrected chi connectivity index (χ2v) is 3.98. The predicted molar refractivity (Wildman–Crippen MR) is 67.2 cm³/mol. The monoisotopic (exact) mass is 245 g/mol. The number of benzene rings is 1. The van der Waals surface area contributed by atoms with Crippen LogP contribution in [0.3, 0.4) is 0 Å². The largest absolute Gasteiger partial charge is 0.405 e. The van der Waals surface area contributed by atoms with Gasteiger partial charge in [0.2, 0.25) is 5.89 Å². The summed E-state index contributed by atoms with van der Waals surface area (Å²) >= 11 is 0. The molecule has 2 rings (SSSR count). The van der Waals surface area contributed by atoms with E-state index >= 15 is 0 Å². The molecule has 0 aliphatic carbocycles.